The van der Waals surface area contributed by atoms with Crippen molar-refractivity contribution in [2.45, 2.75) is 27.2 Å². The molecule has 0 radical (unpaired) electrons. The average Bonchev–Trinajstić information content (AvgIpc) is 3.16. The van der Waals surface area contributed by atoms with Crippen molar-refractivity contribution in [2.75, 3.05) is 18.5 Å². The van der Waals surface area contributed by atoms with Gasteiger partial charge in [-0.2, -0.15) is 0 Å². The molecule has 0 fully saturated rings. The number of ether oxygens (including phenoxy) is 1. The van der Waals surface area contributed by atoms with Gasteiger partial charge in [0.2, 0.25) is 5.91 Å². The Bertz CT molecular complexity index is 944. The third-order valence-corrected chi connectivity index (χ3v) is 5.35. The fourth-order valence-electron chi connectivity index (χ4n) is 3.20. The molecule has 152 valence electrons. The quantitative estimate of drug-likeness (QED) is 0.554. The van der Waals surface area contributed by atoms with Crippen LogP contribution in [0.1, 0.15) is 57.4 Å². The normalized spacial score (nSPS) is 13.0. The minimum absolute atomic E-state index is 0.220. The molecule has 1 N–H and O–H groups in total. The Balaban J connectivity index is 1.78. The van der Waals surface area contributed by atoms with Gasteiger partial charge in [-0.05, 0) is 42.3 Å². The number of imide groups is 1. The minimum atomic E-state index is -0.553. The molecule has 7 nitrogen and oxygen atoms in total. The Morgan fingerprint density at radius 3 is 2.31 bits per heavy atom. The van der Waals surface area contributed by atoms with Crippen LogP contribution in [0.2, 0.25) is 0 Å². The summed E-state index contributed by atoms with van der Waals surface area (Å²) in [5.74, 6) is -1.74. The molecule has 8 heteroatoms. The van der Waals surface area contributed by atoms with E-state index < -0.39 is 30.2 Å². The molecule has 0 bridgehead atoms. The maximum atomic E-state index is 12.6. The molecule has 0 saturated carbocycles. The van der Waals surface area contributed by atoms with Crippen LogP contribution in [0.4, 0.5) is 5.00 Å². The molecular formula is C21H22N2O5S. The van der Waals surface area contributed by atoms with Crippen molar-refractivity contribution in [1.29, 1.82) is 0 Å². The van der Waals surface area contributed by atoms with E-state index in [0.717, 1.165) is 10.5 Å². The van der Waals surface area contributed by atoms with E-state index in [4.69, 9.17) is 4.74 Å². The molecule has 3 amide bonds. The Labute approximate surface area is 172 Å². The van der Waals surface area contributed by atoms with Gasteiger partial charge in [-0.15, -0.1) is 11.3 Å². The molecule has 0 atom stereocenters. The van der Waals surface area contributed by atoms with Crippen LogP contribution in [0, 0.1) is 5.92 Å². The molecule has 1 aliphatic rings. The topological polar surface area (TPSA) is 92.8 Å². The minimum Gasteiger partial charge on any atom is -0.462 e. The zero-order chi connectivity index (χ0) is 21.1. The highest BCUT2D eigenvalue weighted by Crippen LogP contribution is 2.31. The number of rotatable bonds is 7. The van der Waals surface area contributed by atoms with Gasteiger partial charge >= 0.3 is 5.97 Å². The number of fused-ring (bicyclic) bond motifs is 1. The highest BCUT2D eigenvalue weighted by molar-refractivity contribution is 7.15. The predicted octanol–water partition coefficient (Wildman–Crippen LogP) is 3.36. The number of carbonyl (C=O) groups excluding carboxylic acids is 4. The van der Waals surface area contributed by atoms with Gasteiger partial charge < -0.3 is 10.1 Å². The van der Waals surface area contributed by atoms with Crippen molar-refractivity contribution in [1.82, 2.24) is 4.90 Å². The second-order valence-corrected chi connectivity index (χ2v) is 7.95. The van der Waals surface area contributed by atoms with E-state index >= 15 is 0 Å². The number of anilines is 1. The number of benzene rings is 1. The zero-order valence-electron chi connectivity index (χ0n) is 16.5. The fourth-order valence-corrected chi connectivity index (χ4v) is 4.17. The van der Waals surface area contributed by atoms with Gasteiger partial charge in [-0.25, -0.2) is 4.79 Å². The molecule has 0 saturated heterocycles. The first kappa shape index (κ1) is 20.7. The van der Waals surface area contributed by atoms with Gasteiger partial charge in [0.25, 0.3) is 11.8 Å². The van der Waals surface area contributed by atoms with E-state index in [1.807, 2.05) is 19.2 Å². The monoisotopic (exact) mass is 414 g/mol. The highest BCUT2D eigenvalue weighted by Gasteiger charge is 2.36. The summed E-state index contributed by atoms with van der Waals surface area (Å²) >= 11 is 1.23. The van der Waals surface area contributed by atoms with E-state index in [1.165, 1.54) is 11.3 Å². The standard InChI is InChI=1S/C21H22N2O5S/c1-4-28-21(27)17-13(9-12(2)3)11-29-18(17)22-16(24)10-23-19(25)14-7-5-6-8-15(14)20(23)26/h5-8,11-12H,4,9-10H2,1-3H3,(H,22,24). The lowest BCUT2D eigenvalue weighted by molar-refractivity contribution is -0.116. The van der Waals surface area contributed by atoms with E-state index in [9.17, 15) is 19.2 Å². The van der Waals surface area contributed by atoms with Gasteiger partial charge in [-0.1, -0.05) is 26.0 Å². The smallest absolute Gasteiger partial charge is 0.341 e. The van der Waals surface area contributed by atoms with Crippen molar-refractivity contribution in [2.24, 2.45) is 5.92 Å². The Kier molecular flexibility index (Phi) is 6.12. The lowest BCUT2D eigenvalue weighted by Crippen LogP contribution is -2.37. The van der Waals surface area contributed by atoms with E-state index in [2.05, 4.69) is 5.32 Å². The second-order valence-electron chi connectivity index (χ2n) is 7.07. The molecule has 3 rings (SSSR count). The number of amides is 3. The first-order chi connectivity index (χ1) is 13.8. The number of carbonyl (C=O) groups is 4. The summed E-state index contributed by atoms with van der Waals surface area (Å²) in [7, 11) is 0. The number of nitrogens with zero attached hydrogens (tertiary/aromatic N) is 1. The molecule has 0 aliphatic carbocycles. The van der Waals surface area contributed by atoms with Crippen LogP contribution in [0.15, 0.2) is 29.6 Å². The molecule has 2 heterocycles. The van der Waals surface area contributed by atoms with E-state index in [-0.39, 0.29) is 17.7 Å². The molecule has 0 spiro atoms. The maximum absolute atomic E-state index is 12.6. The van der Waals surface area contributed by atoms with E-state index in [0.29, 0.717) is 22.9 Å². The van der Waals surface area contributed by atoms with Crippen molar-refractivity contribution < 1.29 is 23.9 Å². The number of hydrogen-bond acceptors (Lipinski definition) is 6. The van der Waals surface area contributed by atoms with Crippen LogP contribution in [0.25, 0.3) is 0 Å². The first-order valence-corrected chi connectivity index (χ1v) is 10.2. The predicted molar refractivity (Wildman–Crippen MR) is 109 cm³/mol. The van der Waals surface area contributed by atoms with E-state index in [1.54, 1.807) is 31.2 Å². The van der Waals surface area contributed by atoms with Crippen molar-refractivity contribution in [3.63, 3.8) is 0 Å². The van der Waals surface area contributed by atoms with Gasteiger partial charge in [0.15, 0.2) is 0 Å². The lowest BCUT2D eigenvalue weighted by atomic mass is 10.0. The summed E-state index contributed by atoms with van der Waals surface area (Å²) < 4.78 is 5.14. The Morgan fingerprint density at radius 2 is 1.76 bits per heavy atom. The number of thiophene rings is 1. The molecule has 1 aliphatic heterocycles. The molecule has 1 aromatic carbocycles. The van der Waals surface area contributed by atoms with Crippen LogP contribution in [-0.4, -0.2) is 41.7 Å². The summed E-state index contributed by atoms with van der Waals surface area (Å²) in [6.07, 6.45) is 0.666. The molecule has 2 aromatic rings. The number of nitrogens with one attached hydrogen (secondary N) is 1. The average molecular weight is 414 g/mol. The van der Waals surface area contributed by atoms with Crippen LogP contribution in [0.3, 0.4) is 0 Å². The van der Waals surface area contributed by atoms with Crippen molar-refractivity contribution >= 4 is 40.0 Å². The fraction of sp³-hybridized carbons (Fsp3) is 0.333. The summed E-state index contributed by atoms with van der Waals surface area (Å²) in [6.45, 7) is 5.58. The third-order valence-electron chi connectivity index (χ3n) is 4.41. The van der Waals surface area contributed by atoms with Crippen molar-refractivity contribution in [3.8, 4) is 0 Å². The van der Waals surface area contributed by atoms with Crippen LogP contribution >= 0.6 is 11.3 Å². The zero-order valence-corrected chi connectivity index (χ0v) is 17.3. The third kappa shape index (κ3) is 4.22. The number of hydrogen-bond donors (Lipinski definition) is 1. The Hall–Kier alpha value is -3.00. The molecule has 1 aromatic heterocycles. The van der Waals surface area contributed by atoms with Crippen LogP contribution in [-0.2, 0) is 16.0 Å². The lowest BCUT2D eigenvalue weighted by Gasteiger charge is -2.14. The summed E-state index contributed by atoms with van der Waals surface area (Å²) in [5, 5.41) is 4.86. The summed E-state index contributed by atoms with van der Waals surface area (Å²) in [4.78, 5) is 50.8. The van der Waals surface area contributed by atoms with Gasteiger partial charge in [-0.3, -0.25) is 19.3 Å². The highest BCUT2D eigenvalue weighted by atomic mass is 32.1. The van der Waals surface area contributed by atoms with Gasteiger partial charge in [0, 0.05) is 0 Å². The second kappa shape index (κ2) is 8.57. The van der Waals surface area contributed by atoms with Gasteiger partial charge in [0.05, 0.1) is 23.3 Å². The van der Waals surface area contributed by atoms with Crippen LogP contribution < -0.4 is 5.32 Å². The van der Waals surface area contributed by atoms with Crippen LogP contribution in [0.5, 0.6) is 0 Å². The molecule has 0 unspecified atom stereocenters. The summed E-state index contributed by atoms with van der Waals surface area (Å²) in [5.41, 5.74) is 1.71. The Morgan fingerprint density at radius 1 is 1.14 bits per heavy atom. The summed E-state index contributed by atoms with van der Waals surface area (Å²) in [6, 6.07) is 6.45. The molecule has 29 heavy (non-hydrogen) atoms. The van der Waals surface area contributed by atoms with Gasteiger partial charge in [0.1, 0.15) is 11.5 Å². The SMILES string of the molecule is CCOC(=O)c1c(CC(C)C)csc1NC(=O)CN1C(=O)c2ccccc2C1=O. The number of esters is 1. The first-order valence-electron chi connectivity index (χ1n) is 9.36. The largest absolute Gasteiger partial charge is 0.462 e. The maximum Gasteiger partial charge on any atom is 0.341 e. The molecular weight excluding hydrogens is 392 g/mol. The van der Waals surface area contributed by atoms with Crippen molar-refractivity contribution in [3.05, 3.63) is 51.9 Å².